The van der Waals surface area contributed by atoms with Gasteiger partial charge in [-0.25, -0.2) is 4.98 Å². The number of halogens is 3. The average Bonchev–Trinajstić information content (AvgIpc) is 2.33. The van der Waals surface area contributed by atoms with Crippen molar-refractivity contribution in [3.63, 3.8) is 0 Å². The number of rotatable bonds is 6. The summed E-state index contributed by atoms with van der Waals surface area (Å²) in [4.78, 5) is 12.8. The predicted octanol–water partition coefficient (Wildman–Crippen LogP) is 2.00. The molecule has 0 aliphatic heterocycles. The van der Waals surface area contributed by atoms with Gasteiger partial charge in [0.25, 0.3) is 0 Å². The molecule has 1 heterocycles. The molecule has 0 unspecified atom stereocenters. The normalized spacial score (nSPS) is 11.4. The molecular formula is C10H12F3N3O3. The number of nitrogens with zero attached hydrogens (tertiary/aromatic N) is 2. The number of pyridine rings is 1. The summed E-state index contributed by atoms with van der Waals surface area (Å²) in [6.07, 6.45) is -4.12. The number of hydrogen-bond acceptors (Lipinski definition) is 5. The van der Waals surface area contributed by atoms with Crippen LogP contribution in [-0.2, 0) is 6.18 Å². The molecule has 0 saturated heterocycles. The molecular weight excluding hydrogens is 267 g/mol. The molecule has 9 heteroatoms. The van der Waals surface area contributed by atoms with Gasteiger partial charge in [-0.15, -0.1) is 0 Å². The van der Waals surface area contributed by atoms with E-state index in [0.29, 0.717) is 25.4 Å². The summed E-state index contributed by atoms with van der Waals surface area (Å²) in [6.45, 7) is 2.90. The molecule has 1 aromatic rings. The van der Waals surface area contributed by atoms with E-state index in [0.717, 1.165) is 0 Å². The smallest absolute Gasteiger partial charge is 0.433 e. The summed E-state index contributed by atoms with van der Waals surface area (Å²) in [6, 6.07) is 0.532. The standard InChI is InChI=1S/C10H12F3N3O3/c1-2-14-3-4-19-8-5-9(10(11,12)13)15-6-7(8)16(17)18/h5-6,14H,2-4H2,1H3. The molecule has 0 atom stereocenters. The molecule has 0 radical (unpaired) electrons. The molecule has 0 bridgehead atoms. The largest absolute Gasteiger partial charge is 0.485 e. The summed E-state index contributed by atoms with van der Waals surface area (Å²) in [5, 5.41) is 13.5. The Bertz CT molecular complexity index is 451. The highest BCUT2D eigenvalue weighted by Crippen LogP contribution is 2.34. The van der Waals surface area contributed by atoms with Gasteiger partial charge in [0.05, 0.1) is 4.92 Å². The van der Waals surface area contributed by atoms with Crippen LogP contribution in [0.15, 0.2) is 12.3 Å². The number of likely N-dealkylation sites (N-methyl/N-ethyl adjacent to an activating group) is 1. The average molecular weight is 279 g/mol. The lowest BCUT2D eigenvalue weighted by Crippen LogP contribution is -2.20. The van der Waals surface area contributed by atoms with Gasteiger partial charge in [0, 0.05) is 12.6 Å². The van der Waals surface area contributed by atoms with Crippen molar-refractivity contribution in [3.05, 3.63) is 28.1 Å². The maximum absolute atomic E-state index is 12.4. The van der Waals surface area contributed by atoms with Crippen molar-refractivity contribution < 1.29 is 22.8 Å². The van der Waals surface area contributed by atoms with Crippen LogP contribution < -0.4 is 10.1 Å². The highest BCUT2D eigenvalue weighted by molar-refractivity contribution is 5.45. The third-order valence-corrected chi connectivity index (χ3v) is 2.12. The first-order chi connectivity index (χ1) is 8.86. The number of hydrogen-bond donors (Lipinski definition) is 1. The van der Waals surface area contributed by atoms with E-state index < -0.39 is 28.2 Å². The third kappa shape index (κ3) is 4.36. The van der Waals surface area contributed by atoms with Crippen LogP contribution in [0.2, 0.25) is 0 Å². The first kappa shape index (κ1) is 15.2. The zero-order chi connectivity index (χ0) is 14.5. The van der Waals surface area contributed by atoms with Crippen LogP contribution in [0.4, 0.5) is 18.9 Å². The molecule has 0 aromatic carbocycles. The van der Waals surface area contributed by atoms with Crippen LogP contribution in [0, 0.1) is 10.1 Å². The van der Waals surface area contributed by atoms with Crippen molar-refractivity contribution >= 4 is 5.69 Å². The molecule has 1 aromatic heterocycles. The summed E-state index contributed by atoms with van der Waals surface area (Å²) in [5.74, 6) is -0.440. The van der Waals surface area contributed by atoms with Crippen molar-refractivity contribution in [3.8, 4) is 5.75 Å². The van der Waals surface area contributed by atoms with E-state index in [2.05, 4.69) is 10.3 Å². The predicted molar refractivity (Wildman–Crippen MR) is 59.9 cm³/mol. The Kier molecular flexibility index (Phi) is 5.04. The fourth-order valence-electron chi connectivity index (χ4n) is 1.25. The molecule has 6 nitrogen and oxygen atoms in total. The van der Waals surface area contributed by atoms with Gasteiger partial charge in [0.1, 0.15) is 18.5 Å². The van der Waals surface area contributed by atoms with E-state index >= 15 is 0 Å². The number of ether oxygens (including phenoxy) is 1. The SMILES string of the molecule is CCNCCOc1cc(C(F)(F)F)ncc1[N+](=O)[O-]. The molecule has 0 amide bonds. The van der Waals surface area contributed by atoms with Crippen molar-refractivity contribution in [2.75, 3.05) is 19.7 Å². The molecule has 106 valence electrons. The van der Waals surface area contributed by atoms with E-state index in [1.165, 1.54) is 0 Å². The number of alkyl halides is 3. The third-order valence-electron chi connectivity index (χ3n) is 2.12. The fourth-order valence-corrected chi connectivity index (χ4v) is 1.25. The lowest BCUT2D eigenvalue weighted by molar-refractivity contribution is -0.386. The lowest BCUT2D eigenvalue weighted by atomic mass is 10.3. The van der Waals surface area contributed by atoms with E-state index in [-0.39, 0.29) is 6.61 Å². The molecule has 1 rings (SSSR count). The monoisotopic (exact) mass is 279 g/mol. The minimum Gasteiger partial charge on any atom is -0.485 e. The quantitative estimate of drug-likeness (QED) is 0.489. The van der Waals surface area contributed by atoms with Crippen molar-refractivity contribution in [1.82, 2.24) is 10.3 Å². The maximum Gasteiger partial charge on any atom is 0.433 e. The number of nitrogens with one attached hydrogen (secondary N) is 1. The fraction of sp³-hybridized carbons (Fsp3) is 0.500. The molecule has 0 saturated carbocycles. The van der Waals surface area contributed by atoms with Gasteiger partial charge in [0.15, 0.2) is 0 Å². The number of aromatic nitrogens is 1. The van der Waals surface area contributed by atoms with E-state index in [1.54, 1.807) is 0 Å². The molecule has 0 spiro atoms. The van der Waals surface area contributed by atoms with Crippen LogP contribution in [0.25, 0.3) is 0 Å². The maximum atomic E-state index is 12.4. The van der Waals surface area contributed by atoms with Crippen molar-refractivity contribution in [2.45, 2.75) is 13.1 Å². The second kappa shape index (κ2) is 6.32. The molecule has 1 N–H and O–H groups in total. The second-order valence-electron chi connectivity index (χ2n) is 3.49. The molecule has 0 aliphatic rings. The van der Waals surface area contributed by atoms with Crippen LogP contribution in [-0.4, -0.2) is 29.6 Å². The Morgan fingerprint density at radius 3 is 2.74 bits per heavy atom. The highest BCUT2D eigenvalue weighted by atomic mass is 19.4. The molecule has 0 aliphatic carbocycles. The Labute approximate surface area is 106 Å². The van der Waals surface area contributed by atoms with Crippen LogP contribution in [0.1, 0.15) is 12.6 Å². The number of nitro groups is 1. The zero-order valence-electron chi connectivity index (χ0n) is 10.0. The molecule has 0 fully saturated rings. The first-order valence-corrected chi connectivity index (χ1v) is 5.41. The van der Waals surface area contributed by atoms with Crippen LogP contribution >= 0.6 is 0 Å². The Morgan fingerprint density at radius 1 is 1.53 bits per heavy atom. The minimum atomic E-state index is -4.67. The van der Waals surface area contributed by atoms with E-state index in [4.69, 9.17) is 4.74 Å². The highest BCUT2D eigenvalue weighted by Gasteiger charge is 2.34. The first-order valence-electron chi connectivity index (χ1n) is 5.41. The molecule has 19 heavy (non-hydrogen) atoms. The summed E-state index contributed by atoms with van der Waals surface area (Å²) in [7, 11) is 0. The van der Waals surface area contributed by atoms with Crippen molar-refractivity contribution in [1.29, 1.82) is 0 Å². The Balaban J connectivity index is 2.93. The van der Waals surface area contributed by atoms with Gasteiger partial charge >= 0.3 is 11.9 Å². The van der Waals surface area contributed by atoms with Gasteiger partial charge in [-0.3, -0.25) is 10.1 Å². The van der Waals surface area contributed by atoms with Gasteiger partial charge in [-0.2, -0.15) is 13.2 Å². The summed E-state index contributed by atoms with van der Waals surface area (Å²) < 4.78 is 42.3. The lowest BCUT2D eigenvalue weighted by Gasteiger charge is -2.10. The second-order valence-corrected chi connectivity index (χ2v) is 3.49. The van der Waals surface area contributed by atoms with Crippen LogP contribution in [0.5, 0.6) is 5.75 Å². The zero-order valence-corrected chi connectivity index (χ0v) is 10.0. The van der Waals surface area contributed by atoms with E-state index in [9.17, 15) is 23.3 Å². The van der Waals surface area contributed by atoms with Gasteiger partial charge < -0.3 is 10.1 Å². The summed E-state index contributed by atoms with van der Waals surface area (Å²) >= 11 is 0. The van der Waals surface area contributed by atoms with Crippen molar-refractivity contribution in [2.24, 2.45) is 0 Å². The van der Waals surface area contributed by atoms with Crippen LogP contribution in [0.3, 0.4) is 0 Å². The topological polar surface area (TPSA) is 77.3 Å². The van der Waals surface area contributed by atoms with E-state index in [1.807, 2.05) is 6.92 Å². The van der Waals surface area contributed by atoms with Gasteiger partial charge in [-0.1, -0.05) is 6.92 Å². The Hall–Kier alpha value is -1.90. The summed E-state index contributed by atoms with van der Waals surface area (Å²) in [5.41, 5.74) is -1.82. The van der Waals surface area contributed by atoms with Gasteiger partial charge in [0.2, 0.25) is 5.75 Å². The Morgan fingerprint density at radius 2 is 2.21 bits per heavy atom. The minimum absolute atomic E-state index is 0.0238. The van der Waals surface area contributed by atoms with Gasteiger partial charge in [-0.05, 0) is 6.54 Å².